The lowest BCUT2D eigenvalue weighted by molar-refractivity contribution is -0.121. The molecular weight excluding hydrogens is 300 g/mol. The third kappa shape index (κ3) is 3.22. The van der Waals surface area contributed by atoms with Crippen molar-refractivity contribution >= 4 is 5.78 Å². The second kappa shape index (κ2) is 7.42. The summed E-state index contributed by atoms with van der Waals surface area (Å²) in [5.41, 5.74) is 3.58. The number of carbonyl (C=O) groups excluding carboxylic acids is 1. The van der Waals surface area contributed by atoms with Crippen molar-refractivity contribution in [2.75, 3.05) is 13.7 Å². The Morgan fingerprint density at radius 1 is 1.33 bits per heavy atom. The molecule has 0 saturated carbocycles. The number of allylic oxidation sites excluding steroid dienone is 1. The SMILES string of the molecule is CCCCCc1cc(OC)c2c(c1)OCC1=CCCC(C(C)=O)[C@@H]12. The zero-order chi connectivity index (χ0) is 17.1. The Morgan fingerprint density at radius 2 is 2.17 bits per heavy atom. The smallest absolute Gasteiger partial charge is 0.133 e. The van der Waals surface area contributed by atoms with Gasteiger partial charge in [-0.2, -0.15) is 0 Å². The number of carbonyl (C=O) groups is 1. The van der Waals surface area contributed by atoms with Gasteiger partial charge in [0.05, 0.1) is 7.11 Å². The van der Waals surface area contributed by atoms with Gasteiger partial charge in [-0.1, -0.05) is 25.8 Å². The Morgan fingerprint density at radius 3 is 2.88 bits per heavy atom. The van der Waals surface area contributed by atoms with E-state index in [-0.39, 0.29) is 17.6 Å². The normalized spacial score (nSPS) is 22.0. The van der Waals surface area contributed by atoms with E-state index in [2.05, 4.69) is 25.1 Å². The molecule has 3 nitrogen and oxygen atoms in total. The quantitative estimate of drug-likeness (QED) is 0.554. The molecule has 0 N–H and O–H groups in total. The standard InChI is InChI=1S/C21H28O3/c1-4-5-6-8-15-11-18(23-3)21-19(12-15)24-13-16-9-7-10-17(14(2)22)20(16)21/h9,11-12,17,20H,4-8,10,13H2,1-3H3/t17?,20-/m1/s1. The van der Waals surface area contributed by atoms with Gasteiger partial charge in [-0.3, -0.25) is 4.79 Å². The van der Waals surface area contributed by atoms with Crippen molar-refractivity contribution in [2.45, 2.75) is 58.3 Å². The summed E-state index contributed by atoms with van der Waals surface area (Å²) in [5, 5.41) is 0. The summed E-state index contributed by atoms with van der Waals surface area (Å²) < 4.78 is 11.8. The molecule has 24 heavy (non-hydrogen) atoms. The maximum Gasteiger partial charge on any atom is 0.133 e. The van der Waals surface area contributed by atoms with E-state index >= 15 is 0 Å². The molecule has 1 aliphatic heterocycles. The number of rotatable bonds is 6. The lowest BCUT2D eigenvalue weighted by Crippen LogP contribution is -2.30. The van der Waals surface area contributed by atoms with Crippen LogP contribution < -0.4 is 9.47 Å². The second-order valence-corrected chi connectivity index (χ2v) is 7.01. The van der Waals surface area contributed by atoms with Crippen molar-refractivity contribution in [1.82, 2.24) is 0 Å². The van der Waals surface area contributed by atoms with Crippen LogP contribution in [0.3, 0.4) is 0 Å². The number of aryl methyl sites for hydroxylation is 1. The summed E-state index contributed by atoms with van der Waals surface area (Å²) in [4.78, 5) is 12.2. The number of hydrogen-bond donors (Lipinski definition) is 0. The molecule has 0 fully saturated rings. The van der Waals surface area contributed by atoms with Gasteiger partial charge >= 0.3 is 0 Å². The maximum absolute atomic E-state index is 12.2. The number of fused-ring (bicyclic) bond motifs is 3. The first-order valence-electron chi connectivity index (χ1n) is 9.18. The van der Waals surface area contributed by atoms with Gasteiger partial charge in [0.2, 0.25) is 0 Å². The molecule has 0 aromatic heterocycles. The molecule has 0 bridgehead atoms. The summed E-state index contributed by atoms with van der Waals surface area (Å²) in [5.74, 6) is 2.23. The molecule has 0 spiro atoms. The fraction of sp³-hybridized carbons (Fsp3) is 0.571. The van der Waals surface area contributed by atoms with Gasteiger partial charge in [0.25, 0.3) is 0 Å². The van der Waals surface area contributed by atoms with Crippen molar-refractivity contribution in [2.24, 2.45) is 5.92 Å². The molecule has 1 aliphatic carbocycles. The molecule has 2 aliphatic rings. The molecule has 3 rings (SSSR count). The Bertz CT molecular complexity index is 627. The van der Waals surface area contributed by atoms with Gasteiger partial charge in [-0.05, 0) is 55.9 Å². The van der Waals surface area contributed by atoms with Crippen LogP contribution in [0.15, 0.2) is 23.8 Å². The Hall–Kier alpha value is -1.77. The lowest BCUT2D eigenvalue weighted by atomic mass is 9.71. The van der Waals surface area contributed by atoms with Crippen molar-refractivity contribution < 1.29 is 14.3 Å². The molecule has 130 valence electrons. The highest BCUT2D eigenvalue weighted by Crippen LogP contribution is 2.50. The minimum Gasteiger partial charge on any atom is -0.496 e. The van der Waals surface area contributed by atoms with Gasteiger partial charge in [0.15, 0.2) is 0 Å². The number of ether oxygens (including phenoxy) is 2. The number of Topliss-reactive ketones (excluding diaryl/α,β-unsaturated/α-hetero) is 1. The predicted octanol–water partition coefficient (Wildman–Crippen LogP) is 4.83. The highest BCUT2D eigenvalue weighted by atomic mass is 16.5. The van der Waals surface area contributed by atoms with Crippen LogP contribution in [0, 0.1) is 5.92 Å². The van der Waals surface area contributed by atoms with E-state index in [4.69, 9.17) is 9.47 Å². The number of ketones is 1. The number of benzene rings is 1. The molecule has 0 saturated heterocycles. The molecular formula is C21H28O3. The lowest BCUT2D eigenvalue weighted by Gasteiger charge is -2.37. The summed E-state index contributed by atoms with van der Waals surface area (Å²) >= 11 is 0. The fourth-order valence-electron chi connectivity index (χ4n) is 4.11. The monoisotopic (exact) mass is 328 g/mol. The Balaban J connectivity index is 2.00. The molecule has 3 heteroatoms. The van der Waals surface area contributed by atoms with E-state index in [1.165, 1.54) is 30.4 Å². The topological polar surface area (TPSA) is 35.5 Å². The summed E-state index contributed by atoms with van der Waals surface area (Å²) in [7, 11) is 1.72. The zero-order valence-corrected chi connectivity index (χ0v) is 15.1. The van der Waals surface area contributed by atoms with Crippen molar-refractivity contribution in [3.8, 4) is 11.5 Å². The number of unbranched alkanes of at least 4 members (excludes halogenated alkanes) is 2. The van der Waals surface area contributed by atoms with Crippen molar-refractivity contribution in [3.05, 3.63) is 34.9 Å². The summed E-state index contributed by atoms with van der Waals surface area (Å²) in [6, 6.07) is 4.31. The average Bonchev–Trinajstić information content (AvgIpc) is 2.60. The maximum atomic E-state index is 12.2. The zero-order valence-electron chi connectivity index (χ0n) is 15.1. The van der Waals surface area contributed by atoms with Crippen LogP contribution in [-0.2, 0) is 11.2 Å². The molecule has 2 atom stereocenters. The summed E-state index contributed by atoms with van der Waals surface area (Å²) in [6.07, 6.45) is 8.82. The van der Waals surface area contributed by atoms with E-state index in [1.54, 1.807) is 14.0 Å². The molecule has 0 amide bonds. The number of methoxy groups -OCH3 is 1. The first-order chi connectivity index (χ1) is 11.7. The Kier molecular flexibility index (Phi) is 5.27. The van der Waals surface area contributed by atoms with Crippen LogP contribution in [0.2, 0.25) is 0 Å². The van der Waals surface area contributed by atoms with Crippen LogP contribution in [-0.4, -0.2) is 19.5 Å². The minimum absolute atomic E-state index is 0.0486. The molecule has 0 radical (unpaired) electrons. The van der Waals surface area contributed by atoms with Gasteiger partial charge in [-0.25, -0.2) is 0 Å². The van der Waals surface area contributed by atoms with Crippen LogP contribution >= 0.6 is 0 Å². The van der Waals surface area contributed by atoms with Gasteiger partial charge in [-0.15, -0.1) is 0 Å². The van der Waals surface area contributed by atoms with Crippen LogP contribution in [0.1, 0.15) is 63.0 Å². The highest BCUT2D eigenvalue weighted by Gasteiger charge is 2.39. The van der Waals surface area contributed by atoms with Crippen LogP contribution in [0.5, 0.6) is 11.5 Å². The predicted molar refractivity (Wildman–Crippen MR) is 95.9 cm³/mol. The van der Waals surface area contributed by atoms with Crippen molar-refractivity contribution in [1.29, 1.82) is 0 Å². The largest absolute Gasteiger partial charge is 0.496 e. The van der Waals surface area contributed by atoms with E-state index in [0.29, 0.717) is 6.61 Å². The van der Waals surface area contributed by atoms with Gasteiger partial charge in [0, 0.05) is 17.4 Å². The minimum atomic E-state index is 0.0486. The molecule has 1 heterocycles. The first kappa shape index (κ1) is 17.1. The van der Waals surface area contributed by atoms with E-state index < -0.39 is 0 Å². The second-order valence-electron chi connectivity index (χ2n) is 7.01. The Labute approximate surface area is 145 Å². The molecule has 1 aromatic rings. The fourth-order valence-corrected chi connectivity index (χ4v) is 4.11. The van der Waals surface area contributed by atoms with E-state index in [9.17, 15) is 4.79 Å². The first-order valence-corrected chi connectivity index (χ1v) is 9.18. The third-order valence-corrected chi connectivity index (χ3v) is 5.37. The molecule has 1 aromatic carbocycles. The van der Waals surface area contributed by atoms with Crippen LogP contribution in [0.25, 0.3) is 0 Å². The molecule has 1 unspecified atom stereocenters. The summed E-state index contributed by atoms with van der Waals surface area (Å²) in [6.45, 7) is 4.53. The van der Waals surface area contributed by atoms with Crippen molar-refractivity contribution in [3.63, 3.8) is 0 Å². The third-order valence-electron chi connectivity index (χ3n) is 5.37. The highest BCUT2D eigenvalue weighted by molar-refractivity contribution is 5.81. The van der Waals surface area contributed by atoms with Gasteiger partial charge < -0.3 is 9.47 Å². The van der Waals surface area contributed by atoms with Crippen LogP contribution in [0.4, 0.5) is 0 Å². The van der Waals surface area contributed by atoms with E-state index in [0.717, 1.165) is 36.3 Å². The number of hydrogen-bond acceptors (Lipinski definition) is 3. The van der Waals surface area contributed by atoms with E-state index in [1.807, 2.05) is 0 Å². The van der Waals surface area contributed by atoms with Gasteiger partial charge in [0.1, 0.15) is 23.9 Å². The average molecular weight is 328 g/mol.